The third-order valence-electron chi connectivity index (χ3n) is 2.57. The van der Waals surface area contributed by atoms with Crippen molar-refractivity contribution < 1.29 is 4.79 Å². The second-order valence-electron chi connectivity index (χ2n) is 4.30. The number of hydrogen-bond acceptors (Lipinski definition) is 3. The van der Waals surface area contributed by atoms with Gasteiger partial charge < -0.3 is 10.2 Å². The lowest BCUT2D eigenvalue weighted by molar-refractivity contribution is 0.102. The van der Waals surface area contributed by atoms with Gasteiger partial charge in [-0.05, 0) is 25.1 Å². The van der Waals surface area contributed by atoms with Crippen LogP contribution in [0.3, 0.4) is 0 Å². The predicted molar refractivity (Wildman–Crippen MR) is 72.0 cm³/mol. The summed E-state index contributed by atoms with van der Waals surface area (Å²) in [5.74, 6) is -0.214. The number of aromatic amines is 1. The van der Waals surface area contributed by atoms with E-state index < -0.39 is 0 Å². The first-order chi connectivity index (χ1) is 8.58. The number of carbonyl (C=O) groups is 1. The van der Waals surface area contributed by atoms with Crippen LogP contribution in [0.2, 0.25) is 0 Å². The van der Waals surface area contributed by atoms with Crippen LogP contribution in [0.1, 0.15) is 16.2 Å². The van der Waals surface area contributed by atoms with E-state index in [9.17, 15) is 4.79 Å². The fourth-order valence-electron chi connectivity index (χ4n) is 1.69. The van der Waals surface area contributed by atoms with Crippen molar-refractivity contribution in [1.29, 1.82) is 0 Å². The molecule has 0 saturated carbocycles. The quantitative estimate of drug-likeness (QED) is 0.868. The van der Waals surface area contributed by atoms with E-state index in [1.807, 2.05) is 50.2 Å². The number of nitrogens with one attached hydrogen (secondary N) is 2. The molecule has 0 saturated heterocycles. The van der Waals surface area contributed by atoms with Gasteiger partial charge in [-0.1, -0.05) is 12.1 Å². The molecule has 0 aliphatic rings. The maximum absolute atomic E-state index is 12.0. The number of hydrogen-bond donors (Lipinski definition) is 2. The Hall–Kier alpha value is -2.30. The van der Waals surface area contributed by atoms with Crippen molar-refractivity contribution in [3.63, 3.8) is 0 Å². The molecule has 0 unspecified atom stereocenters. The molecule has 2 aromatic rings. The summed E-state index contributed by atoms with van der Waals surface area (Å²) in [7, 11) is 3.87. The van der Waals surface area contributed by atoms with E-state index >= 15 is 0 Å². The minimum atomic E-state index is -0.214. The second kappa shape index (κ2) is 4.91. The molecule has 18 heavy (non-hydrogen) atoms. The van der Waals surface area contributed by atoms with Gasteiger partial charge in [0.1, 0.15) is 0 Å². The highest BCUT2D eigenvalue weighted by atomic mass is 16.1. The van der Waals surface area contributed by atoms with Gasteiger partial charge in [0.2, 0.25) is 0 Å². The predicted octanol–water partition coefficient (Wildman–Crippen LogP) is 2.04. The Balaban J connectivity index is 2.22. The van der Waals surface area contributed by atoms with Gasteiger partial charge in [-0.2, -0.15) is 5.10 Å². The molecule has 0 aliphatic heterocycles. The van der Waals surface area contributed by atoms with Crippen molar-refractivity contribution in [3.05, 3.63) is 41.7 Å². The molecule has 0 spiro atoms. The largest absolute Gasteiger partial charge is 0.376 e. The summed E-state index contributed by atoms with van der Waals surface area (Å²) in [6, 6.07) is 9.36. The first kappa shape index (κ1) is 12.2. The van der Waals surface area contributed by atoms with E-state index in [2.05, 4.69) is 15.5 Å². The van der Waals surface area contributed by atoms with Crippen molar-refractivity contribution in [2.24, 2.45) is 0 Å². The topological polar surface area (TPSA) is 61.0 Å². The zero-order valence-corrected chi connectivity index (χ0v) is 10.7. The van der Waals surface area contributed by atoms with Crippen LogP contribution in [-0.4, -0.2) is 30.2 Å². The van der Waals surface area contributed by atoms with Gasteiger partial charge in [0, 0.05) is 19.8 Å². The fourth-order valence-corrected chi connectivity index (χ4v) is 1.69. The third-order valence-corrected chi connectivity index (χ3v) is 2.57. The second-order valence-corrected chi connectivity index (χ2v) is 4.30. The summed E-state index contributed by atoms with van der Waals surface area (Å²) in [6.45, 7) is 1.86. The maximum atomic E-state index is 12.0. The van der Waals surface area contributed by atoms with Gasteiger partial charge in [0.15, 0.2) is 5.69 Å². The number of aryl methyl sites for hydroxylation is 1. The number of para-hydroxylation sites is 2. The molecule has 1 heterocycles. The summed E-state index contributed by atoms with van der Waals surface area (Å²) < 4.78 is 0. The molecule has 2 rings (SSSR count). The summed E-state index contributed by atoms with van der Waals surface area (Å²) in [5, 5.41) is 9.55. The normalized spacial score (nSPS) is 10.2. The van der Waals surface area contributed by atoms with Crippen molar-refractivity contribution in [2.75, 3.05) is 24.3 Å². The molecule has 5 heteroatoms. The Morgan fingerprint density at radius 3 is 2.67 bits per heavy atom. The molecule has 0 radical (unpaired) electrons. The molecule has 0 bridgehead atoms. The Morgan fingerprint density at radius 1 is 1.33 bits per heavy atom. The van der Waals surface area contributed by atoms with E-state index in [1.165, 1.54) is 0 Å². The summed E-state index contributed by atoms with van der Waals surface area (Å²) in [6.07, 6.45) is 0. The average molecular weight is 244 g/mol. The highest BCUT2D eigenvalue weighted by molar-refractivity contribution is 6.04. The van der Waals surface area contributed by atoms with E-state index in [-0.39, 0.29) is 5.91 Å². The molecular formula is C13H16N4O. The summed E-state index contributed by atoms with van der Waals surface area (Å²) in [4.78, 5) is 13.9. The Kier molecular flexibility index (Phi) is 3.32. The van der Waals surface area contributed by atoms with Crippen molar-refractivity contribution in [3.8, 4) is 0 Å². The summed E-state index contributed by atoms with van der Waals surface area (Å²) in [5.41, 5.74) is 2.98. The number of nitrogens with zero attached hydrogens (tertiary/aromatic N) is 2. The van der Waals surface area contributed by atoms with Crippen LogP contribution in [-0.2, 0) is 0 Å². The van der Waals surface area contributed by atoms with E-state index in [4.69, 9.17) is 0 Å². The van der Waals surface area contributed by atoms with E-state index in [0.717, 1.165) is 17.1 Å². The Bertz CT molecular complexity index is 560. The summed E-state index contributed by atoms with van der Waals surface area (Å²) >= 11 is 0. The standard InChI is InChI=1S/C13H16N4O/c1-9-8-11(16-15-9)13(18)14-10-6-4-5-7-12(10)17(2)3/h4-8H,1-3H3,(H,14,18)(H,15,16). The minimum absolute atomic E-state index is 0.214. The highest BCUT2D eigenvalue weighted by Gasteiger charge is 2.12. The van der Waals surface area contributed by atoms with Gasteiger partial charge >= 0.3 is 0 Å². The zero-order valence-electron chi connectivity index (χ0n) is 10.7. The first-order valence-electron chi connectivity index (χ1n) is 5.67. The highest BCUT2D eigenvalue weighted by Crippen LogP contribution is 2.23. The Morgan fingerprint density at radius 2 is 2.06 bits per heavy atom. The number of amides is 1. The minimum Gasteiger partial charge on any atom is -0.376 e. The van der Waals surface area contributed by atoms with E-state index in [0.29, 0.717) is 5.69 Å². The van der Waals surface area contributed by atoms with Crippen LogP contribution in [0.5, 0.6) is 0 Å². The van der Waals surface area contributed by atoms with Crippen molar-refractivity contribution in [1.82, 2.24) is 10.2 Å². The zero-order chi connectivity index (χ0) is 13.1. The lowest BCUT2D eigenvalue weighted by Gasteiger charge is -2.17. The van der Waals surface area contributed by atoms with E-state index in [1.54, 1.807) is 6.07 Å². The molecule has 94 valence electrons. The first-order valence-corrected chi connectivity index (χ1v) is 5.67. The van der Waals surface area contributed by atoms with Crippen LogP contribution >= 0.6 is 0 Å². The monoisotopic (exact) mass is 244 g/mol. The lowest BCUT2D eigenvalue weighted by atomic mass is 10.2. The van der Waals surface area contributed by atoms with Gasteiger partial charge in [0.05, 0.1) is 11.4 Å². The van der Waals surface area contributed by atoms with Gasteiger partial charge in [-0.15, -0.1) is 0 Å². The molecule has 1 aromatic carbocycles. The molecule has 2 N–H and O–H groups in total. The molecule has 1 amide bonds. The van der Waals surface area contributed by atoms with Crippen molar-refractivity contribution in [2.45, 2.75) is 6.92 Å². The number of carbonyl (C=O) groups excluding carboxylic acids is 1. The number of rotatable bonds is 3. The SMILES string of the molecule is Cc1cc(C(=O)Nc2ccccc2N(C)C)n[nH]1. The number of anilines is 2. The van der Waals surface area contributed by atoms with Crippen LogP contribution in [0.4, 0.5) is 11.4 Å². The molecule has 1 aromatic heterocycles. The van der Waals surface area contributed by atoms with Crippen LogP contribution in [0.25, 0.3) is 0 Å². The fraction of sp³-hybridized carbons (Fsp3) is 0.231. The molecule has 5 nitrogen and oxygen atoms in total. The van der Waals surface area contributed by atoms with Crippen LogP contribution < -0.4 is 10.2 Å². The molecule has 0 atom stereocenters. The maximum Gasteiger partial charge on any atom is 0.276 e. The Labute approximate surface area is 106 Å². The third kappa shape index (κ3) is 2.51. The number of aromatic nitrogens is 2. The molecule has 0 aliphatic carbocycles. The lowest BCUT2D eigenvalue weighted by Crippen LogP contribution is -2.16. The van der Waals surface area contributed by atoms with Gasteiger partial charge in [-0.3, -0.25) is 9.89 Å². The number of H-pyrrole nitrogens is 1. The molecule has 0 fully saturated rings. The number of benzene rings is 1. The smallest absolute Gasteiger partial charge is 0.276 e. The van der Waals surface area contributed by atoms with Crippen LogP contribution in [0.15, 0.2) is 30.3 Å². The van der Waals surface area contributed by atoms with Crippen LogP contribution in [0, 0.1) is 6.92 Å². The van der Waals surface area contributed by atoms with Crippen molar-refractivity contribution >= 4 is 17.3 Å². The van der Waals surface area contributed by atoms with Gasteiger partial charge in [-0.25, -0.2) is 0 Å². The average Bonchev–Trinajstić information content (AvgIpc) is 2.76. The molecular weight excluding hydrogens is 228 g/mol. The van der Waals surface area contributed by atoms with Gasteiger partial charge in [0.25, 0.3) is 5.91 Å².